The summed E-state index contributed by atoms with van der Waals surface area (Å²) in [5, 5.41) is 7.20. The van der Waals surface area contributed by atoms with E-state index in [2.05, 4.69) is 5.32 Å². The Morgan fingerprint density at radius 2 is 2.06 bits per heavy atom. The molecule has 0 atom stereocenters. The minimum atomic E-state index is -3.98. The summed E-state index contributed by atoms with van der Waals surface area (Å²) >= 11 is 0. The molecule has 0 aliphatic heterocycles. The second-order valence-corrected chi connectivity index (χ2v) is 4.68. The predicted octanol–water partition coefficient (Wildman–Crippen LogP) is 0.822. The number of rotatable bonds is 3. The van der Waals surface area contributed by atoms with E-state index in [-0.39, 0.29) is 22.9 Å². The Balaban J connectivity index is 3.14. The molecule has 1 aromatic rings. The van der Waals surface area contributed by atoms with E-state index < -0.39 is 15.8 Å². The highest BCUT2D eigenvalue weighted by Crippen LogP contribution is 2.17. The molecule has 1 aromatic carbocycles. The molecule has 7 heteroatoms. The van der Waals surface area contributed by atoms with E-state index in [0.29, 0.717) is 0 Å². The third kappa shape index (κ3) is 3.28. The smallest absolute Gasteiger partial charge is 0.238 e. The van der Waals surface area contributed by atoms with Crippen molar-refractivity contribution in [2.75, 3.05) is 5.32 Å². The Hall–Kier alpha value is -1.47. The highest BCUT2D eigenvalue weighted by Gasteiger charge is 2.11. The van der Waals surface area contributed by atoms with Crippen LogP contribution in [-0.4, -0.2) is 14.3 Å². The number of halogens is 1. The van der Waals surface area contributed by atoms with Crippen LogP contribution in [0.15, 0.2) is 23.1 Å². The number of carbonyl (C=O) groups excluding carboxylic acids is 1. The van der Waals surface area contributed by atoms with Crippen molar-refractivity contribution < 1.29 is 17.6 Å². The summed E-state index contributed by atoms with van der Waals surface area (Å²) in [5.74, 6) is -1.12. The van der Waals surface area contributed by atoms with Crippen molar-refractivity contribution in [2.24, 2.45) is 5.14 Å². The lowest BCUT2D eigenvalue weighted by molar-refractivity contribution is -0.115. The molecular weight excluding hydrogens is 235 g/mol. The van der Waals surface area contributed by atoms with E-state index in [1.807, 2.05) is 0 Å². The van der Waals surface area contributed by atoms with E-state index in [9.17, 15) is 17.6 Å². The van der Waals surface area contributed by atoms with Gasteiger partial charge in [0.2, 0.25) is 15.9 Å². The average molecular weight is 246 g/mol. The summed E-state index contributed by atoms with van der Waals surface area (Å²) in [5.41, 5.74) is 0.0656. The molecule has 0 saturated heterocycles. The zero-order valence-corrected chi connectivity index (χ0v) is 9.34. The second-order valence-electron chi connectivity index (χ2n) is 3.12. The van der Waals surface area contributed by atoms with Crippen LogP contribution in [0, 0.1) is 5.82 Å². The number of sulfonamides is 1. The first-order chi connectivity index (χ1) is 7.32. The number of nitrogens with two attached hydrogens (primary N) is 1. The van der Waals surface area contributed by atoms with E-state index >= 15 is 0 Å². The van der Waals surface area contributed by atoms with E-state index in [1.54, 1.807) is 6.92 Å². The largest absolute Gasteiger partial charge is 0.326 e. The van der Waals surface area contributed by atoms with Crippen LogP contribution < -0.4 is 10.5 Å². The summed E-state index contributed by atoms with van der Waals surface area (Å²) < 4.78 is 35.0. The maximum Gasteiger partial charge on any atom is 0.238 e. The van der Waals surface area contributed by atoms with Crippen molar-refractivity contribution >= 4 is 21.6 Å². The number of anilines is 1. The molecule has 1 amide bonds. The zero-order chi connectivity index (χ0) is 12.3. The third-order valence-corrected chi connectivity index (χ3v) is 2.70. The van der Waals surface area contributed by atoms with Gasteiger partial charge >= 0.3 is 0 Å². The molecule has 1 rings (SSSR count). The van der Waals surface area contributed by atoms with Gasteiger partial charge in [-0.25, -0.2) is 17.9 Å². The van der Waals surface area contributed by atoms with Gasteiger partial charge in [-0.15, -0.1) is 0 Å². The molecule has 0 aromatic heterocycles. The van der Waals surface area contributed by atoms with Crippen molar-refractivity contribution in [1.82, 2.24) is 0 Å². The number of nitrogens with one attached hydrogen (secondary N) is 1. The lowest BCUT2D eigenvalue weighted by atomic mass is 10.3. The summed E-state index contributed by atoms with van der Waals surface area (Å²) in [6.07, 6.45) is 0.210. The van der Waals surface area contributed by atoms with Gasteiger partial charge in [-0.2, -0.15) is 0 Å². The summed E-state index contributed by atoms with van der Waals surface area (Å²) in [7, 11) is -3.98. The van der Waals surface area contributed by atoms with Gasteiger partial charge in [-0.1, -0.05) is 6.92 Å². The van der Waals surface area contributed by atoms with E-state index in [1.165, 1.54) is 0 Å². The van der Waals surface area contributed by atoms with Crippen LogP contribution in [0.3, 0.4) is 0 Å². The number of amides is 1. The quantitative estimate of drug-likeness (QED) is 0.827. The first kappa shape index (κ1) is 12.6. The van der Waals surface area contributed by atoms with Gasteiger partial charge in [0.1, 0.15) is 5.82 Å². The number of carbonyl (C=O) groups is 1. The SMILES string of the molecule is CCC(=O)Nc1cc(F)cc(S(N)(=O)=O)c1. The first-order valence-electron chi connectivity index (χ1n) is 4.46. The van der Waals surface area contributed by atoms with Crippen molar-refractivity contribution in [3.63, 3.8) is 0 Å². The Kier molecular flexibility index (Phi) is 3.61. The van der Waals surface area contributed by atoms with Crippen LogP contribution >= 0.6 is 0 Å². The fourth-order valence-electron chi connectivity index (χ4n) is 1.05. The monoisotopic (exact) mass is 246 g/mol. The van der Waals surface area contributed by atoms with Crippen LogP contribution in [-0.2, 0) is 14.8 Å². The molecule has 88 valence electrons. The van der Waals surface area contributed by atoms with E-state index in [4.69, 9.17) is 5.14 Å². The summed E-state index contributed by atoms with van der Waals surface area (Å²) in [4.78, 5) is 10.7. The molecule has 0 fully saturated rings. The van der Waals surface area contributed by atoms with Crippen LogP contribution in [0.1, 0.15) is 13.3 Å². The molecule has 16 heavy (non-hydrogen) atoms. The number of hydrogen-bond donors (Lipinski definition) is 2. The van der Waals surface area contributed by atoms with Gasteiger partial charge in [0.25, 0.3) is 0 Å². The van der Waals surface area contributed by atoms with Crippen LogP contribution in [0.5, 0.6) is 0 Å². The molecule has 0 unspecified atom stereocenters. The normalized spacial score (nSPS) is 11.2. The van der Waals surface area contributed by atoms with Gasteiger partial charge in [0.15, 0.2) is 0 Å². The maximum atomic E-state index is 13.0. The molecule has 0 aliphatic carbocycles. The maximum absolute atomic E-state index is 13.0. The number of benzene rings is 1. The number of primary sulfonamides is 1. The fraction of sp³-hybridized carbons (Fsp3) is 0.222. The molecule has 0 radical (unpaired) electrons. The Morgan fingerprint density at radius 3 is 2.56 bits per heavy atom. The lowest BCUT2D eigenvalue weighted by Gasteiger charge is -2.05. The first-order valence-corrected chi connectivity index (χ1v) is 6.01. The van der Waals surface area contributed by atoms with Crippen molar-refractivity contribution in [1.29, 1.82) is 0 Å². The predicted molar refractivity (Wildman–Crippen MR) is 56.7 cm³/mol. The minimum absolute atomic E-state index is 0.0656. The van der Waals surface area contributed by atoms with Crippen molar-refractivity contribution in [2.45, 2.75) is 18.2 Å². The van der Waals surface area contributed by atoms with Gasteiger partial charge in [0.05, 0.1) is 4.90 Å². The van der Waals surface area contributed by atoms with Gasteiger partial charge in [-0.3, -0.25) is 4.79 Å². The van der Waals surface area contributed by atoms with Crippen molar-refractivity contribution in [3.05, 3.63) is 24.0 Å². The van der Waals surface area contributed by atoms with Crippen LogP contribution in [0.2, 0.25) is 0 Å². The second kappa shape index (κ2) is 4.58. The molecule has 5 nitrogen and oxygen atoms in total. The Morgan fingerprint density at radius 1 is 1.44 bits per heavy atom. The third-order valence-electron chi connectivity index (χ3n) is 1.80. The van der Waals surface area contributed by atoms with Crippen LogP contribution in [0.25, 0.3) is 0 Å². The van der Waals surface area contributed by atoms with E-state index in [0.717, 1.165) is 18.2 Å². The molecule has 0 heterocycles. The van der Waals surface area contributed by atoms with Crippen LogP contribution in [0.4, 0.5) is 10.1 Å². The summed E-state index contributed by atoms with van der Waals surface area (Å²) in [6, 6.07) is 2.91. The lowest BCUT2D eigenvalue weighted by Crippen LogP contribution is -2.14. The van der Waals surface area contributed by atoms with Gasteiger partial charge in [0, 0.05) is 12.1 Å². The Labute approximate surface area is 92.5 Å². The molecule has 0 bridgehead atoms. The number of hydrogen-bond acceptors (Lipinski definition) is 3. The topological polar surface area (TPSA) is 89.3 Å². The molecule has 3 N–H and O–H groups in total. The molecule has 0 spiro atoms. The highest BCUT2D eigenvalue weighted by atomic mass is 32.2. The van der Waals surface area contributed by atoms with Gasteiger partial charge in [-0.05, 0) is 18.2 Å². The summed E-state index contributed by atoms with van der Waals surface area (Å²) in [6.45, 7) is 1.62. The fourth-order valence-corrected chi connectivity index (χ4v) is 1.62. The molecular formula is C9H11FN2O3S. The Bertz CT molecular complexity index is 513. The molecule has 0 saturated carbocycles. The van der Waals surface area contributed by atoms with Gasteiger partial charge < -0.3 is 5.32 Å². The minimum Gasteiger partial charge on any atom is -0.326 e. The average Bonchev–Trinajstić information content (AvgIpc) is 2.15. The van der Waals surface area contributed by atoms with Crippen molar-refractivity contribution in [3.8, 4) is 0 Å². The standard InChI is InChI=1S/C9H11FN2O3S/c1-2-9(13)12-7-3-6(10)4-8(5-7)16(11,14)15/h3-5H,2H2,1H3,(H,12,13)(H2,11,14,15). The molecule has 0 aliphatic rings. The zero-order valence-electron chi connectivity index (χ0n) is 8.53. The highest BCUT2D eigenvalue weighted by molar-refractivity contribution is 7.89.